The number of hydrogen-bond acceptors (Lipinski definition) is 3. The van der Waals surface area contributed by atoms with Crippen LogP contribution in [0.25, 0.3) is 17.0 Å². The molecule has 0 atom stereocenters. The Balaban J connectivity index is 2.26. The molecule has 0 amide bonds. The third-order valence-electron chi connectivity index (χ3n) is 2.97. The summed E-state index contributed by atoms with van der Waals surface area (Å²) in [4.78, 5) is 0. The number of nitrogens with two attached hydrogens (primary N) is 1. The molecule has 8 heteroatoms. The summed E-state index contributed by atoms with van der Waals surface area (Å²) < 4.78 is 53.7. The first kappa shape index (κ1) is 13.3. The molecule has 1 aromatic carbocycles. The maximum Gasteiger partial charge on any atom is 0.419 e. The van der Waals surface area contributed by atoms with E-state index >= 15 is 0 Å². The third-order valence-corrected chi connectivity index (χ3v) is 2.97. The van der Waals surface area contributed by atoms with Gasteiger partial charge in [0.1, 0.15) is 5.82 Å². The Morgan fingerprint density at radius 1 is 1.05 bits per heavy atom. The molecule has 0 spiro atoms. The van der Waals surface area contributed by atoms with Crippen molar-refractivity contribution < 1.29 is 17.6 Å². The zero-order valence-electron chi connectivity index (χ0n) is 10.4. The van der Waals surface area contributed by atoms with Gasteiger partial charge in [0.25, 0.3) is 0 Å². The van der Waals surface area contributed by atoms with Crippen LogP contribution < -0.4 is 5.73 Å². The maximum absolute atomic E-state index is 14.1. The lowest BCUT2D eigenvalue weighted by atomic mass is 10.1. The predicted octanol–water partition coefficient (Wildman–Crippen LogP) is 3.14. The molecule has 0 saturated carbocycles. The lowest BCUT2D eigenvalue weighted by Gasteiger charge is -2.10. The van der Waals surface area contributed by atoms with Gasteiger partial charge in [-0.05, 0) is 24.3 Å². The molecule has 0 aliphatic rings. The average Bonchev–Trinajstić information content (AvgIpc) is 2.80. The van der Waals surface area contributed by atoms with Crippen molar-refractivity contribution in [2.45, 2.75) is 6.18 Å². The van der Waals surface area contributed by atoms with E-state index in [0.717, 1.165) is 6.07 Å². The summed E-state index contributed by atoms with van der Waals surface area (Å²) in [5.41, 5.74) is 4.70. The third kappa shape index (κ3) is 2.18. The molecule has 4 nitrogen and oxygen atoms in total. The lowest BCUT2D eigenvalue weighted by molar-refractivity contribution is -0.139. The van der Waals surface area contributed by atoms with E-state index in [-0.39, 0.29) is 11.4 Å². The largest absolute Gasteiger partial charge is 0.419 e. The minimum atomic E-state index is -4.78. The standard InChI is InChI=1S/C13H8F4N4/c14-11-8(2-1-3-9(11)13(15,16)17)12-20-19-10-5-4-7(18)6-21(10)12/h1-6H,18H2. The summed E-state index contributed by atoms with van der Waals surface area (Å²) in [6, 6.07) is 6.11. The summed E-state index contributed by atoms with van der Waals surface area (Å²) in [6.45, 7) is 0. The Kier molecular flexibility index (Phi) is 2.82. The fraction of sp³-hybridized carbons (Fsp3) is 0.0769. The van der Waals surface area contributed by atoms with Gasteiger partial charge in [0.15, 0.2) is 11.5 Å². The van der Waals surface area contributed by atoms with E-state index in [4.69, 9.17) is 5.73 Å². The Hall–Kier alpha value is -2.64. The van der Waals surface area contributed by atoms with Crippen LogP contribution in [0, 0.1) is 5.82 Å². The second kappa shape index (κ2) is 4.44. The van der Waals surface area contributed by atoms with E-state index in [1.165, 1.54) is 22.7 Å². The number of aromatic nitrogens is 3. The van der Waals surface area contributed by atoms with Gasteiger partial charge in [0, 0.05) is 11.9 Å². The van der Waals surface area contributed by atoms with E-state index < -0.39 is 17.6 Å². The number of rotatable bonds is 1. The number of nitrogens with zero attached hydrogens (tertiary/aromatic N) is 3. The summed E-state index contributed by atoms with van der Waals surface area (Å²) in [7, 11) is 0. The molecule has 0 aliphatic carbocycles. The molecular formula is C13H8F4N4. The fourth-order valence-electron chi connectivity index (χ4n) is 2.01. The molecule has 0 saturated heterocycles. The van der Waals surface area contributed by atoms with Gasteiger partial charge in [0.2, 0.25) is 0 Å². The number of hydrogen-bond donors (Lipinski definition) is 1. The number of nitrogen functional groups attached to an aromatic ring is 1. The second-order valence-electron chi connectivity index (χ2n) is 4.38. The van der Waals surface area contributed by atoms with Crippen molar-refractivity contribution in [3.05, 3.63) is 47.9 Å². The zero-order chi connectivity index (χ0) is 15.2. The van der Waals surface area contributed by atoms with Gasteiger partial charge < -0.3 is 5.73 Å². The highest BCUT2D eigenvalue weighted by Gasteiger charge is 2.35. The molecule has 3 aromatic rings. The van der Waals surface area contributed by atoms with Gasteiger partial charge in [-0.1, -0.05) is 6.07 Å². The average molecular weight is 296 g/mol. The van der Waals surface area contributed by atoms with Crippen LogP contribution in [0.1, 0.15) is 5.56 Å². The number of pyridine rings is 1. The van der Waals surface area contributed by atoms with Gasteiger partial charge in [-0.25, -0.2) is 4.39 Å². The van der Waals surface area contributed by atoms with Crippen LogP contribution in [0.4, 0.5) is 23.2 Å². The number of alkyl halides is 3. The molecule has 0 radical (unpaired) electrons. The van der Waals surface area contributed by atoms with Gasteiger partial charge in [-0.3, -0.25) is 4.40 Å². The molecule has 2 heterocycles. The van der Waals surface area contributed by atoms with Crippen LogP contribution in [0.3, 0.4) is 0 Å². The summed E-state index contributed by atoms with van der Waals surface area (Å²) in [5.74, 6) is -1.43. The number of benzene rings is 1. The fourth-order valence-corrected chi connectivity index (χ4v) is 2.01. The monoisotopic (exact) mass is 296 g/mol. The molecule has 0 unspecified atom stereocenters. The van der Waals surface area contributed by atoms with E-state index in [1.807, 2.05) is 0 Å². The van der Waals surface area contributed by atoms with Crippen LogP contribution in [0.15, 0.2) is 36.5 Å². The van der Waals surface area contributed by atoms with E-state index in [9.17, 15) is 17.6 Å². The van der Waals surface area contributed by atoms with Gasteiger partial charge in [-0.2, -0.15) is 13.2 Å². The summed E-state index contributed by atoms with van der Waals surface area (Å²) in [6.07, 6.45) is -3.36. The highest BCUT2D eigenvalue weighted by Crippen LogP contribution is 2.35. The van der Waals surface area contributed by atoms with E-state index in [1.54, 1.807) is 6.07 Å². The molecule has 2 aromatic heterocycles. The van der Waals surface area contributed by atoms with Crippen LogP contribution in [0.2, 0.25) is 0 Å². The summed E-state index contributed by atoms with van der Waals surface area (Å²) >= 11 is 0. The minimum Gasteiger partial charge on any atom is -0.398 e. The second-order valence-corrected chi connectivity index (χ2v) is 4.38. The smallest absolute Gasteiger partial charge is 0.398 e. The van der Waals surface area contributed by atoms with Crippen LogP contribution in [-0.4, -0.2) is 14.6 Å². The van der Waals surface area contributed by atoms with Gasteiger partial charge in [-0.15, -0.1) is 10.2 Å². The first-order valence-electron chi connectivity index (χ1n) is 5.84. The normalized spacial score (nSPS) is 12.0. The molecule has 108 valence electrons. The highest BCUT2D eigenvalue weighted by molar-refractivity contribution is 5.62. The molecule has 0 fully saturated rings. The number of fused-ring (bicyclic) bond motifs is 1. The Labute approximate surface area is 115 Å². The minimum absolute atomic E-state index is 0.0408. The van der Waals surface area contributed by atoms with Crippen molar-refractivity contribution in [2.24, 2.45) is 0 Å². The topological polar surface area (TPSA) is 56.2 Å². The first-order valence-corrected chi connectivity index (χ1v) is 5.84. The zero-order valence-corrected chi connectivity index (χ0v) is 10.4. The molecule has 2 N–H and O–H groups in total. The summed E-state index contributed by atoms with van der Waals surface area (Å²) in [5, 5.41) is 7.52. The SMILES string of the molecule is Nc1ccc2nnc(-c3cccc(C(F)(F)F)c3F)n2c1. The highest BCUT2D eigenvalue weighted by atomic mass is 19.4. The van der Waals surface area contributed by atoms with E-state index in [2.05, 4.69) is 10.2 Å². The van der Waals surface area contributed by atoms with Crippen LogP contribution in [0.5, 0.6) is 0 Å². The Bertz CT molecular complexity index is 823. The van der Waals surface area contributed by atoms with Crippen molar-refractivity contribution in [1.29, 1.82) is 0 Å². The number of halogens is 4. The Morgan fingerprint density at radius 2 is 1.81 bits per heavy atom. The first-order chi connectivity index (χ1) is 9.88. The van der Waals surface area contributed by atoms with Crippen molar-refractivity contribution in [1.82, 2.24) is 14.6 Å². The maximum atomic E-state index is 14.1. The number of anilines is 1. The lowest BCUT2D eigenvalue weighted by Crippen LogP contribution is -2.09. The van der Waals surface area contributed by atoms with Gasteiger partial charge in [0.05, 0.1) is 11.1 Å². The van der Waals surface area contributed by atoms with Crippen molar-refractivity contribution in [3.63, 3.8) is 0 Å². The van der Waals surface area contributed by atoms with Crippen LogP contribution >= 0.6 is 0 Å². The quantitative estimate of drug-likeness (QED) is 0.702. The molecule has 0 aliphatic heterocycles. The van der Waals surface area contributed by atoms with Crippen molar-refractivity contribution >= 4 is 11.3 Å². The van der Waals surface area contributed by atoms with Gasteiger partial charge >= 0.3 is 6.18 Å². The van der Waals surface area contributed by atoms with Crippen molar-refractivity contribution in [3.8, 4) is 11.4 Å². The molecule has 0 bridgehead atoms. The van der Waals surface area contributed by atoms with Crippen molar-refractivity contribution in [2.75, 3.05) is 5.73 Å². The molecule has 21 heavy (non-hydrogen) atoms. The Morgan fingerprint density at radius 3 is 2.52 bits per heavy atom. The van der Waals surface area contributed by atoms with E-state index in [0.29, 0.717) is 17.4 Å². The molecular weight excluding hydrogens is 288 g/mol. The van der Waals surface area contributed by atoms with Crippen LogP contribution in [-0.2, 0) is 6.18 Å². The molecule has 3 rings (SSSR count). The predicted molar refractivity (Wildman–Crippen MR) is 67.8 cm³/mol.